The molecule has 0 radical (unpaired) electrons. The highest BCUT2D eigenvalue weighted by Gasteiger charge is 2.19. The topological polar surface area (TPSA) is 40.6 Å². The summed E-state index contributed by atoms with van der Waals surface area (Å²) in [5.41, 5.74) is 2.81. The molecule has 5 heteroatoms. The molecule has 1 heterocycles. The summed E-state index contributed by atoms with van der Waals surface area (Å²) in [6.45, 7) is 4.53. The van der Waals surface area contributed by atoms with E-state index in [9.17, 15) is 9.59 Å². The molecule has 4 nitrogen and oxygen atoms in total. The molecule has 0 saturated carbocycles. The Balaban J connectivity index is 1.56. The van der Waals surface area contributed by atoms with Gasteiger partial charge in [0.25, 0.3) is 0 Å². The molecule has 0 spiro atoms. The van der Waals surface area contributed by atoms with Crippen LogP contribution in [0.2, 0.25) is 0 Å². The monoisotopic (exact) mass is 412 g/mol. The van der Waals surface area contributed by atoms with Crippen LogP contribution in [0.3, 0.4) is 0 Å². The highest BCUT2D eigenvalue weighted by Crippen LogP contribution is 2.18. The second-order valence-electron chi connectivity index (χ2n) is 6.30. The summed E-state index contributed by atoms with van der Waals surface area (Å²) >= 11 is 3.43. The molecule has 0 atom stereocenters. The first-order chi connectivity index (χ1) is 12.5. The van der Waals surface area contributed by atoms with E-state index in [1.165, 1.54) is 0 Å². The number of ketones is 1. The van der Waals surface area contributed by atoms with Crippen molar-refractivity contribution in [2.45, 2.75) is 6.92 Å². The number of hydrogen-bond donors (Lipinski definition) is 0. The number of amides is 1. The van der Waals surface area contributed by atoms with Crippen LogP contribution in [0.1, 0.15) is 22.8 Å². The van der Waals surface area contributed by atoms with Crippen molar-refractivity contribution in [2.75, 3.05) is 31.1 Å². The Morgan fingerprint density at radius 2 is 1.69 bits per heavy atom. The van der Waals surface area contributed by atoms with Gasteiger partial charge in [0.1, 0.15) is 0 Å². The maximum Gasteiger partial charge on any atom is 0.246 e. The lowest BCUT2D eigenvalue weighted by Crippen LogP contribution is -2.48. The molecule has 2 aromatic rings. The fourth-order valence-corrected chi connectivity index (χ4v) is 3.39. The first kappa shape index (κ1) is 18.4. The minimum Gasteiger partial charge on any atom is -0.368 e. The van der Waals surface area contributed by atoms with Gasteiger partial charge in [-0.1, -0.05) is 28.1 Å². The Morgan fingerprint density at radius 1 is 1.00 bits per heavy atom. The van der Waals surface area contributed by atoms with Crippen LogP contribution in [0.25, 0.3) is 6.08 Å². The average Bonchev–Trinajstić information content (AvgIpc) is 2.66. The molecular weight excluding hydrogens is 392 g/mol. The smallest absolute Gasteiger partial charge is 0.246 e. The number of carbonyl (C=O) groups is 2. The molecule has 1 saturated heterocycles. The molecule has 2 aromatic carbocycles. The molecule has 1 aliphatic heterocycles. The number of benzene rings is 2. The van der Waals surface area contributed by atoms with Crippen molar-refractivity contribution < 1.29 is 9.59 Å². The Hall–Kier alpha value is -2.40. The molecule has 134 valence electrons. The number of hydrogen-bond acceptors (Lipinski definition) is 3. The van der Waals surface area contributed by atoms with Gasteiger partial charge in [-0.15, -0.1) is 0 Å². The van der Waals surface area contributed by atoms with E-state index in [0.29, 0.717) is 13.1 Å². The van der Waals surface area contributed by atoms with Gasteiger partial charge < -0.3 is 9.80 Å². The van der Waals surface area contributed by atoms with Gasteiger partial charge in [-0.2, -0.15) is 0 Å². The van der Waals surface area contributed by atoms with Crippen LogP contribution in [0.4, 0.5) is 5.69 Å². The van der Waals surface area contributed by atoms with E-state index in [2.05, 4.69) is 20.8 Å². The number of Topliss-reactive ketones (excluding diaryl/α,β-unsaturated/α-hetero) is 1. The zero-order valence-corrected chi connectivity index (χ0v) is 16.3. The largest absolute Gasteiger partial charge is 0.368 e. The second-order valence-corrected chi connectivity index (χ2v) is 7.22. The van der Waals surface area contributed by atoms with E-state index < -0.39 is 0 Å². The summed E-state index contributed by atoms with van der Waals surface area (Å²) in [4.78, 5) is 27.9. The SMILES string of the molecule is CC(=O)c1ccc(N2CCN(C(=O)C=Cc3cccc(Br)c3)CC2)cc1. The minimum atomic E-state index is 0.0385. The van der Waals surface area contributed by atoms with Gasteiger partial charge >= 0.3 is 0 Å². The maximum atomic E-state index is 12.4. The third kappa shape index (κ3) is 4.61. The first-order valence-electron chi connectivity index (χ1n) is 8.61. The Bertz CT molecular complexity index is 822. The lowest BCUT2D eigenvalue weighted by Gasteiger charge is -2.35. The number of nitrogens with zero attached hydrogens (tertiary/aromatic N) is 2. The van der Waals surface area contributed by atoms with Gasteiger partial charge in [0.15, 0.2) is 5.78 Å². The molecule has 1 amide bonds. The van der Waals surface area contributed by atoms with Gasteiger partial charge in [0, 0.05) is 48.0 Å². The summed E-state index contributed by atoms with van der Waals surface area (Å²) in [6.07, 6.45) is 3.49. The van der Waals surface area contributed by atoms with Gasteiger partial charge in [0.05, 0.1) is 0 Å². The highest BCUT2D eigenvalue weighted by molar-refractivity contribution is 9.10. The number of anilines is 1. The van der Waals surface area contributed by atoms with Gasteiger partial charge in [-0.25, -0.2) is 0 Å². The fraction of sp³-hybridized carbons (Fsp3) is 0.238. The quantitative estimate of drug-likeness (QED) is 0.562. The molecule has 26 heavy (non-hydrogen) atoms. The van der Waals surface area contributed by atoms with E-state index in [0.717, 1.165) is 34.4 Å². The molecule has 1 fully saturated rings. The standard InChI is InChI=1S/C21H21BrN2O2/c1-16(25)18-6-8-20(9-7-18)23-11-13-24(14-12-23)21(26)10-5-17-3-2-4-19(22)15-17/h2-10,15H,11-14H2,1H3. The average molecular weight is 413 g/mol. The summed E-state index contributed by atoms with van der Waals surface area (Å²) in [6, 6.07) is 15.5. The number of halogens is 1. The number of piperazine rings is 1. The van der Waals surface area contributed by atoms with Crippen LogP contribution >= 0.6 is 15.9 Å². The molecular formula is C21H21BrN2O2. The molecule has 1 aliphatic rings. The van der Waals surface area contributed by atoms with Crippen LogP contribution in [-0.4, -0.2) is 42.8 Å². The predicted molar refractivity (Wildman–Crippen MR) is 108 cm³/mol. The van der Waals surface area contributed by atoms with Gasteiger partial charge in [-0.3, -0.25) is 9.59 Å². The third-order valence-corrected chi connectivity index (χ3v) is 4.99. The van der Waals surface area contributed by atoms with Crippen LogP contribution in [0, 0.1) is 0 Å². The van der Waals surface area contributed by atoms with Crippen LogP contribution in [-0.2, 0) is 4.79 Å². The van der Waals surface area contributed by atoms with Crippen molar-refractivity contribution in [3.8, 4) is 0 Å². The molecule has 0 aliphatic carbocycles. The third-order valence-electron chi connectivity index (χ3n) is 4.50. The predicted octanol–water partition coefficient (Wildman–Crippen LogP) is 4.01. The minimum absolute atomic E-state index is 0.0385. The normalized spacial score (nSPS) is 14.7. The zero-order valence-electron chi connectivity index (χ0n) is 14.7. The van der Waals surface area contributed by atoms with Crippen molar-refractivity contribution in [1.82, 2.24) is 4.90 Å². The lowest BCUT2D eigenvalue weighted by molar-refractivity contribution is -0.126. The molecule has 0 aromatic heterocycles. The van der Waals surface area contributed by atoms with E-state index in [-0.39, 0.29) is 11.7 Å². The Kier molecular flexibility index (Phi) is 5.89. The zero-order chi connectivity index (χ0) is 18.5. The van der Waals surface area contributed by atoms with Crippen molar-refractivity contribution in [2.24, 2.45) is 0 Å². The van der Waals surface area contributed by atoms with E-state index in [4.69, 9.17) is 0 Å². The second kappa shape index (κ2) is 8.32. The molecule has 0 N–H and O–H groups in total. The fourth-order valence-electron chi connectivity index (χ4n) is 2.98. The van der Waals surface area contributed by atoms with Crippen LogP contribution in [0.5, 0.6) is 0 Å². The molecule has 3 rings (SSSR count). The van der Waals surface area contributed by atoms with Crippen LogP contribution < -0.4 is 4.90 Å². The van der Waals surface area contributed by atoms with Crippen LogP contribution in [0.15, 0.2) is 59.1 Å². The Labute approximate surface area is 162 Å². The van der Waals surface area contributed by atoms with Gasteiger partial charge in [-0.05, 0) is 55.0 Å². The van der Waals surface area contributed by atoms with E-state index in [1.54, 1.807) is 13.0 Å². The molecule has 0 bridgehead atoms. The Morgan fingerprint density at radius 3 is 2.31 bits per heavy atom. The van der Waals surface area contributed by atoms with Gasteiger partial charge in [0.2, 0.25) is 5.91 Å². The summed E-state index contributed by atoms with van der Waals surface area (Å²) < 4.78 is 0.997. The summed E-state index contributed by atoms with van der Waals surface area (Å²) in [5.74, 6) is 0.112. The number of rotatable bonds is 4. The summed E-state index contributed by atoms with van der Waals surface area (Å²) in [5, 5.41) is 0. The molecule has 0 unspecified atom stereocenters. The van der Waals surface area contributed by atoms with Crippen molar-refractivity contribution in [1.29, 1.82) is 0 Å². The highest BCUT2D eigenvalue weighted by atomic mass is 79.9. The maximum absolute atomic E-state index is 12.4. The summed E-state index contributed by atoms with van der Waals surface area (Å²) in [7, 11) is 0. The van der Waals surface area contributed by atoms with E-state index in [1.807, 2.05) is 59.5 Å². The van der Waals surface area contributed by atoms with Crippen molar-refractivity contribution >= 4 is 39.4 Å². The first-order valence-corrected chi connectivity index (χ1v) is 9.41. The van der Waals surface area contributed by atoms with Crippen molar-refractivity contribution in [3.05, 3.63) is 70.2 Å². The lowest BCUT2D eigenvalue weighted by atomic mass is 10.1. The van der Waals surface area contributed by atoms with Crippen molar-refractivity contribution in [3.63, 3.8) is 0 Å². The van der Waals surface area contributed by atoms with E-state index >= 15 is 0 Å². The number of carbonyl (C=O) groups excluding carboxylic acids is 2.